The Bertz CT molecular complexity index is 1690. The van der Waals surface area contributed by atoms with Crippen molar-refractivity contribution in [1.82, 2.24) is 5.43 Å². The molecule has 0 aromatic heterocycles. The van der Waals surface area contributed by atoms with Gasteiger partial charge in [0.05, 0.1) is 18.9 Å². The molecule has 0 unspecified atom stereocenters. The van der Waals surface area contributed by atoms with Gasteiger partial charge in [-0.3, -0.25) is 9.59 Å². The molecular formula is C31H22BrCl2N3O5. The molecule has 0 heterocycles. The van der Waals surface area contributed by atoms with Crippen LogP contribution in [-0.4, -0.2) is 31.1 Å². The van der Waals surface area contributed by atoms with Gasteiger partial charge in [-0.15, -0.1) is 0 Å². The van der Waals surface area contributed by atoms with Crippen molar-refractivity contribution in [2.24, 2.45) is 5.10 Å². The van der Waals surface area contributed by atoms with Gasteiger partial charge >= 0.3 is 5.97 Å². The number of nitrogens with zero attached hydrogens (tertiary/aromatic N) is 1. The number of hydrogen-bond donors (Lipinski definition) is 2. The minimum Gasteiger partial charge on any atom is -0.496 e. The molecule has 42 heavy (non-hydrogen) atoms. The van der Waals surface area contributed by atoms with E-state index in [2.05, 4.69) is 31.8 Å². The van der Waals surface area contributed by atoms with Crippen LogP contribution in [0.25, 0.3) is 6.08 Å². The lowest BCUT2D eigenvalue weighted by molar-refractivity contribution is -0.128. The summed E-state index contributed by atoms with van der Waals surface area (Å²) in [4.78, 5) is 38.0. The van der Waals surface area contributed by atoms with E-state index in [4.69, 9.17) is 32.7 Å². The van der Waals surface area contributed by atoms with Crippen molar-refractivity contribution in [1.29, 1.82) is 0 Å². The Morgan fingerprint density at radius 2 is 1.60 bits per heavy atom. The molecule has 0 bridgehead atoms. The SMILES string of the molecule is COc1ccc(Cl)cc1C(=O)Nc1cccc(C(=O)NN=Cc2cc(Br)ccc2OC(=O)/C=C/c2ccc(Cl)cc2)c1. The standard InChI is InChI=1S/C31H22BrCl2N3O5/c1-41-28-13-11-24(34)17-26(28)31(40)36-25-4-2-3-20(16-25)30(39)37-35-18-21-15-22(32)8-12-27(21)42-29(38)14-7-19-5-9-23(33)10-6-19/h2-18H,1H3,(H,36,40)(H,37,39)/b14-7+,35-18?. The average Bonchev–Trinajstić information content (AvgIpc) is 2.98. The van der Waals surface area contributed by atoms with Crippen LogP contribution in [0.5, 0.6) is 11.5 Å². The van der Waals surface area contributed by atoms with E-state index in [1.165, 1.54) is 31.5 Å². The summed E-state index contributed by atoms with van der Waals surface area (Å²) in [5, 5.41) is 7.72. The maximum absolute atomic E-state index is 12.8. The maximum atomic E-state index is 12.8. The van der Waals surface area contributed by atoms with Crippen LogP contribution >= 0.6 is 39.1 Å². The normalized spacial score (nSPS) is 11.0. The van der Waals surface area contributed by atoms with Gasteiger partial charge in [-0.25, -0.2) is 10.2 Å². The van der Waals surface area contributed by atoms with Crippen LogP contribution in [0.1, 0.15) is 31.8 Å². The van der Waals surface area contributed by atoms with Gasteiger partial charge in [-0.05, 0) is 78.4 Å². The summed E-state index contributed by atoms with van der Waals surface area (Å²) >= 11 is 15.3. The predicted octanol–water partition coefficient (Wildman–Crippen LogP) is 7.40. The Labute approximate surface area is 260 Å². The number of methoxy groups -OCH3 is 1. The fourth-order valence-electron chi connectivity index (χ4n) is 3.61. The van der Waals surface area contributed by atoms with Gasteiger partial charge in [0.2, 0.25) is 0 Å². The lowest BCUT2D eigenvalue weighted by Crippen LogP contribution is -2.18. The van der Waals surface area contributed by atoms with Gasteiger partial charge in [0, 0.05) is 37.4 Å². The molecule has 0 saturated carbocycles. The van der Waals surface area contributed by atoms with E-state index in [0.717, 1.165) is 5.56 Å². The van der Waals surface area contributed by atoms with Crippen LogP contribution in [0.2, 0.25) is 10.0 Å². The zero-order valence-electron chi connectivity index (χ0n) is 21.9. The molecule has 4 aromatic carbocycles. The smallest absolute Gasteiger partial charge is 0.336 e. The van der Waals surface area contributed by atoms with Crippen molar-refractivity contribution in [3.05, 3.63) is 128 Å². The third-order valence-electron chi connectivity index (χ3n) is 5.62. The second-order valence-corrected chi connectivity index (χ2v) is 10.4. The Kier molecular flexibility index (Phi) is 10.5. The van der Waals surface area contributed by atoms with Crippen molar-refractivity contribution in [2.45, 2.75) is 0 Å². The number of carbonyl (C=O) groups is 3. The zero-order valence-corrected chi connectivity index (χ0v) is 25.0. The van der Waals surface area contributed by atoms with Gasteiger partial charge < -0.3 is 14.8 Å². The third kappa shape index (κ3) is 8.53. The average molecular weight is 667 g/mol. The number of halogens is 3. The van der Waals surface area contributed by atoms with Crippen molar-refractivity contribution in [2.75, 3.05) is 12.4 Å². The third-order valence-corrected chi connectivity index (χ3v) is 6.60. The number of hydrazone groups is 1. The first-order valence-electron chi connectivity index (χ1n) is 12.2. The molecule has 8 nitrogen and oxygen atoms in total. The molecule has 0 atom stereocenters. The highest BCUT2D eigenvalue weighted by molar-refractivity contribution is 9.10. The Morgan fingerprint density at radius 3 is 2.36 bits per heavy atom. The lowest BCUT2D eigenvalue weighted by Gasteiger charge is -2.10. The van der Waals surface area contributed by atoms with Crippen LogP contribution in [0, 0.1) is 0 Å². The molecule has 0 aliphatic carbocycles. The molecule has 11 heteroatoms. The number of ether oxygens (including phenoxy) is 2. The summed E-state index contributed by atoms with van der Waals surface area (Å²) in [6, 6.07) is 23.0. The Morgan fingerprint density at radius 1 is 0.857 bits per heavy atom. The van der Waals surface area contributed by atoms with Crippen LogP contribution in [0.4, 0.5) is 5.69 Å². The second kappa shape index (κ2) is 14.5. The molecule has 0 saturated heterocycles. The van der Waals surface area contributed by atoms with E-state index in [0.29, 0.717) is 31.5 Å². The number of esters is 1. The zero-order chi connectivity index (χ0) is 30.1. The Hall–Kier alpha value is -4.44. The van der Waals surface area contributed by atoms with E-state index < -0.39 is 17.8 Å². The first-order valence-corrected chi connectivity index (χ1v) is 13.8. The number of nitrogens with one attached hydrogen (secondary N) is 2. The van der Waals surface area contributed by atoms with E-state index >= 15 is 0 Å². The van der Waals surface area contributed by atoms with Gasteiger partial charge in [0.1, 0.15) is 11.5 Å². The summed E-state index contributed by atoms with van der Waals surface area (Å²) < 4.78 is 11.4. The number of hydrogen-bond acceptors (Lipinski definition) is 6. The van der Waals surface area contributed by atoms with Crippen molar-refractivity contribution in [3.63, 3.8) is 0 Å². The number of anilines is 1. The van der Waals surface area contributed by atoms with E-state index in [1.807, 2.05) is 0 Å². The number of amides is 2. The molecule has 212 valence electrons. The molecule has 2 N–H and O–H groups in total. The number of carbonyl (C=O) groups excluding carboxylic acids is 3. The monoisotopic (exact) mass is 665 g/mol. The molecule has 2 amide bonds. The Balaban J connectivity index is 1.41. The van der Waals surface area contributed by atoms with Crippen LogP contribution < -0.4 is 20.2 Å². The van der Waals surface area contributed by atoms with Crippen molar-refractivity contribution < 1.29 is 23.9 Å². The first-order chi connectivity index (χ1) is 20.2. The summed E-state index contributed by atoms with van der Waals surface area (Å²) in [7, 11) is 1.45. The minimum absolute atomic E-state index is 0.239. The quantitative estimate of drug-likeness (QED) is 0.0637. The number of rotatable bonds is 9. The van der Waals surface area contributed by atoms with Crippen LogP contribution in [0.3, 0.4) is 0 Å². The van der Waals surface area contributed by atoms with Gasteiger partial charge in [0.25, 0.3) is 11.8 Å². The largest absolute Gasteiger partial charge is 0.496 e. The molecule has 0 radical (unpaired) electrons. The fourth-order valence-corrected chi connectivity index (χ4v) is 4.29. The van der Waals surface area contributed by atoms with Gasteiger partial charge in [-0.1, -0.05) is 57.3 Å². The van der Waals surface area contributed by atoms with Gasteiger partial charge in [0.15, 0.2) is 0 Å². The van der Waals surface area contributed by atoms with E-state index in [-0.39, 0.29) is 16.9 Å². The topological polar surface area (TPSA) is 106 Å². The first kappa shape index (κ1) is 30.5. The molecule has 4 aromatic rings. The summed E-state index contributed by atoms with van der Waals surface area (Å²) in [5.74, 6) is -0.981. The lowest BCUT2D eigenvalue weighted by atomic mass is 10.1. The van der Waals surface area contributed by atoms with Gasteiger partial charge in [-0.2, -0.15) is 5.10 Å². The van der Waals surface area contributed by atoms with E-state index in [1.54, 1.807) is 78.9 Å². The summed E-state index contributed by atoms with van der Waals surface area (Å²) in [5.41, 5.74) is 4.53. The summed E-state index contributed by atoms with van der Waals surface area (Å²) in [6.45, 7) is 0. The van der Waals surface area contributed by atoms with Crippen molar-refractivity contribution in [3.8, 4) is 11.5 Å². The second-order valence-electron chi connectivity index (χ2n) is 8.57. The minimum atomic E-state index is -0.597. The predicted molar refractivity (Wildman–Crippen MR) is 168 cm³/mol. The molecule has 0 aliphatic rings. The summed E-state index contributed by atoms with van der Waals surface area (Å²) in [6.07, 6.45) is 4.25. The molecular weight excluding hydrogens is 645 g/mol. The number of benzene rings is 4. The highest BCUT2D eigenvalue weighted by Crippen LogP contribution is 2.25. The van der Waals surface area contributed by atoms with Crippen LogP contribution in [-0.2, 0) is 4.79 Å². The van der Waals surface area contributed by atoms with Crippen molar-refractivity contribution >= 4 is 74.9 Å². The van der Waals surface area contributed by atoms with Crippen LogP contribution in [0.15, 0.2) is 101 Å². The molecule has 0 fully saturated rings. The molecule has 4 rings (SSSR count). The van der Waals surface area contributed by atoms with E-state index in [9.17, 15) is 14.4 Å². The highest BCUT2D eigenvalue weighted by atomic mass is 79.9. The maximum Gasteiger partial charge on any atom is 0.336 e. The highest BCUT2D eigenvalue weighted by Gasteiger charge is 2.14. The molecule has 0 aliphatic heterocycles. The fraction of sp³-hybridized carbons (Fsp3) is 0.0323. The molecule has 0 spiro atoms.